The van der Waals surface area contributed by atoms with Crippen molar-refractivity contribution in [2.24, 2.45) is 0 Å². The Morgan fingerprint density at radius 2 is 1.78 bits per heavy atom. The Kier molecular flexibility index (Phi) is 4.47. The average Bonchev–Trinajstić information content (AvgIpc) is 2.30. The number of hydrogen-bond acceptors (Lipinski definition) is 5. The van der Waals surface area contributed by atoms with Gasteiger partial charge in [0.05, 0.1) is 24.2 Å². The highest BCUT2D eigenvalue weighted by molar-refractivity contribution is 5.93. The molecule has 0 amide bonds. The van der Waals surface area contributed by atoms with E-state index in [1.807, 2.05) is 0 Å². The number of carbonyl (C=O) groups is 1. The van der Waals surface area contributed by atoms with Crippen LogP contribution < -0.4 is 9.47 Å². The van der Waals surface area contributed by atoms with Crippen molar-refractivity contribution in [3.63, 3.8) is 0 Å². The van der Waals surface area contributed by atoms with E-state index >= 15 is 0 Å². The fourth-order valence-corrected chi connectivity index (χ4v) is 1.41. The van der Waals surface area contributed by atoms with Gasteiger partial charge in [0.2, 0.25) is 0 Å². The van der Waals surface area contributed by atoms with E-state index in [1.54, 1.807) is 13.8 Å². The van der Waals surface area contributed by atoms with Crippen LogP contribution in [0.1, 0.15) is 24.2 Å². The lowest BCUT2D eigenvalue weighted by Gasteiger charge is -2.11. The van der Waals surface area contributed by atoms with Gasteiger partial charge >= 0.3 is 5.97 Å². The Bertz CT molecular complexity index is 428. The third-order valence-corrected chi connectivity index (χ3v) is 2.09. The number of benzene rings is 1. The molecular weight excluding hydrogens is 242 g/mol. The van der Waals surface area contributed by atoms with Crippen molar-refractivity contribution in [3.05, 3.63) is 27.8 Å². The highest BCUT2D eigenvalue weighted by atomic mass is 16.6. The normalized spacial score (nSPS) is 9.89. The lowest BCUT2D eigenvalue weighted by molar-refractivity contribution is -0.385. The van der Waals surface area contributed by atoms with Gasteiger partial charge in [-0.25, -0.2) is 4.79 Å². The number of ether oxygens (including phenoxy) is 2. The van der Waals surface area contributed by atoms with E-state index in [2.05, 4.69) is 0 Å². The minimum Gasteiger partial charge on any atom is -0.490 e. The van der Waals surface area contributed by atoms with Gasteiger partial charge in [0.25, 0.3) is 5.69 Å². The molecule has 7 nitrogen and oxygen atoms in total. The Morgan fingerprint density at radius 3 is 2.17 bits per heavy atom. The van der Waals surface area contributed by atoms with E-state index in [0.717, 1.165) is 12.1 Å². The molecule has 1 rings (SSSR count). The molecule has 98 valence electrons. The molecule has 0 unspecified atom stereocenters. The zero-order chi connectivity index (χ0) is 13.7. The molecule has 0 aliphatic rings. The molecule has 1 aromatic carbocycles. The molecule has 0 heterocycles. The molecule has 0 aromatic heterocycles. The molecule has 18 heavy (non-hydrogen) atoms. The van der Waals surface area contributed by atoms with E-state index < -0.39 is 22.1 Å². The van der Waals surface area contributed by atoms with Crippen LogP contribution in [-0.2, 0) is 0 Å². The van der Waals surface area contributed by atoms with E-state index in [1.165, 1.54) is 0 Å². The van der Waals surface area contributed by atoms with Crippen molar-refractivity contribution >= 4 is 11.7 Å². The second kappa shape index (κ2) is 5.85. The molecule has 1 N–H and O–H groups in total. The zero-order valence-corrected chi connectivity index (χ0v) is 10.0. The number of nitro benzene ring substituents is 1. The molecule has 0 radical (unpaired) electrons. The summed E-state index contributed by atoms with van der Waals surface area (Å²) in [6, 6.07) is 2.17. The first kappa shape index (κ1) is 13.8. The van der Waals surface area contributed by atoms with Crippen LogP contribution in [0, 0.1) is 10.1 Å². The van der Waals surface area contributed by atoms with Crippen LogP contribution in [0.15, 0.2) is 12.1 Å². The Morgan fingerprint density at radius 1 is 1.28 bits per heavy atom. The molecule has 0 spiro atoms. The third-order valence-electron chi connectivity index (χ3n) is 2.09. The van der Waals surface area contributed by atoms with Gasteiger partial charge in [0.1, 0.15) is 5.56 Å². The summed E-state index contributed by atoms with van der Waals surface area (Å²) in [5.41, 5.74) is -0.943. The summed E-state index contributed by atoms with van der Waals surface area (Å²) in [4.78, 5) is 21.0. The van der Waals surface area contributed by atoms with Crippen molar-refractivity contribution < 1.29 is 24.3 Å². The smallest absolute Gasteiger partial charge is 0.342 e. The van der Waals surface area contributed by atoms with Crippen molar-refractivity contribution in [2.75, 3.05) is 13.2 Å². The third kappa shape index (κ3) is 2.88. The fraction of sp³-hybridized carbons (Fsp3) is 0.364. The van der Waals surface area contributed by atoms with Gasteiger partial charge < -0.3 is 14.6 Å². The second-order valence-corrected chi connectivity index (χ2v) is 3.24. The highest BCUT2D eigenvalue weighted by Crippen LogP contribution is 2.34. The predicted molar refractivity (Wildman–Crippen MR) is 62.4 cm³/mol. The average molecular weight is 255 g/mol. The van der Waals surface area contributed by atoms with Gasteiger partial charge in [0, 0.05) is 6.07 Å². The van der Waals surface area contributed by atoms with Crippen LogP contribution in [0.3, 0.4) is 0 Å². The lowest BCUT2D eigenvalue weighted by Crippen LogP contribution is -2.06. The van der Waals surface area contributed by atoms with Gasteiger partial charge in [-0.1, -0.05) is 0 Å². The van der Waals surface area contributed by atoms with Crippen LogP contribution in [-0.4, -0.2) is 29.2 Å². The fourth-order valence-electron chi connectivity index (χ4n) is 1.41. The lowest BCUT2D eigenvalue weighted by atomic mass is 10.1. The Hall–Kier alpha value is -2.31. The number of nitrogens with zero attached hydrogens (tertiary/aromatic N) is 1. The first-order valence-electron chi connectivity index (χ1n) is 5.32. The maximum atomic E-state index is 11.0. The van der Waals surface area contributed by atoms with Crippen LogP contribution in [0.2, 0.25) is 0 Å². The summed E-state index contributed by atoms with van der Waals surface area (Å²) in [7, 11) is 0. The second-order valence-electron chi connectivity index (χ2n) is 3.24. The monoisotopic (exact) mass is 255 g/mol. The van der Waals surface area contributed by atoms with E-state index in [4.69, 9.17) is 14.6 Å². The van der Waals surface area contributed by atoms with Crippen molar-refractivity contribution in [1.82, 2.24) is 0 Å². The van der Waals surface area contributed by atoms with E-state index in [-0.39, 0.29) is 11.5 Å². The van der Waals surface area contributed by atoms with Crippen LogP contribution in [0.25, 0.3) is 0 Å². The maximum absolute atomic E-state index is 11.0. The summed E-state index contributed by atoms with van der Waals surface area (Å²) in [5, 5.41) is 19.7. The molecule has 0 saturated heterocycles. The van der Waals surface area contributed by atoms with Crippen molar-refractivity contribution in [1.29, 1.82) is 0 Å². The standard InChI is InChI=1S/C11H13NO6/c1-3-17-9-5-7(11(13)14)8(12(15)16)6-10(9)18-4-2/h5-6H,3-4H2,1-2H3,(H,13,14). The van der Waals surface area contributed by atoms with Crippen LogP contribution in [0.4, 0.5) is 5.69 Å². The summed E-state index contributed by atoms with van der Waals surface area (Å²) in [6.45, 7) is 4.03. The topological polar surface area (TPSA) is 98.9 Å². The van der Waals surface area contributed by atoms with E-state index in [0.29, 0.717) is 13.2 Å². The largest absolute Gasteiger partial charge is 0.490 e. The first-order valence-corrected chi connectivity index (χ1v) is 5.32. The Labute approximate surface area is 103 Å². The molecule has 7 heteroatoms. The summed E-state index contributed by atoms with van der Waals surface area (Å²) >= 11 is 0. The summed E-state index contributed by atoms with van der Waals surface area (Å²) in [6.07, 6.45) is 0. The molecule has 0 fully saturated rings. The minimum atomic E-state index is -1.38. The number of nitro groups is 1. The van der Waals surface area contributed by atoms with Gasteiger partial charge in [0.15, 0.2) is 11.5 Å². The van der Waals surface area contributed by atoms with Crippen LogP contribution in [0.5, 0.6) is 11.5 Å². The molecule has 0 aliphatic heterocycles. The minimum absolute atomic E-state index is 0.163. The molecule has 1 aromatic rings. The van der Waals surface area contributed by atoms with Gasteiger partial charge in [-0.3, -0.25) is 10.1 Å². The highest BCUT2D eigenvalue weighted by Gasteiger charge is 2.24. The number of aromatic carboxylic acids is 1. The molecular formula is C11H13NO6. The number of carboxylic acid groups (broad SMARTS) is 1. The molecule has 0 saturated carbocycles. The number of carboxylic acids is 1. The SMILES string of the molecule is CCOc1cc(C(=O)O)c([N+](=O)[O-])cc1OCC. The quantitative estimate of drug-likeness (QED) is 0.617. The zero-order valence-electron chi connectivity index (χ0n) is 10.0. The molecule has 0 bridgehead atoms. The first-order chi connectivity index (χ1) is 8.51. The summed E-state index contributed by atoms with van der Waals surface area (Å²) in [5.74, 6) is -1.04. The van der Waals surface area contributed by atoms with E-state index in [9.17, 15) is 14.9 Å². The van der Waals surface area contributed by atoms with Crippen molar-refractivity contribution in [2.45, 2.75) is 13.8 Å². The Balaban J connectivity index is 3.39. The summed E-state index contributed by atoms with van der Waals surface area (Å²) < 4.78 is 10.4. The maximum Gasteiger partial charge on any atom is 0.342 e. The molecule has 0 aliphatic carbocycles. The number of rotatable bonds is 6. The number of hydrogen-bond donors (Lipinski definition) is 1. The van der Waals surface area contributed by atoms with Crippen LogP contribution >= 0.6 is 0 Å². The molecule has 0 atom stereocenters. The van der Waals surface area contributed by atoms with Gasteiger partial charge in [-0.15, -0.1) is 0 Å². The predicted octanol–water partition coefficient (Wildman–Crippen LogP) is 2.09. The van der Waals surface area contributed by atoms with Gasteiger partial charge in [-0.2, -0.15) is 0 Å². The van der Waals surface area contributed by atoms with Crippen molar-refractivity contribution in [3.8, 4) is 11.5 Å². The van der Waals surface area contributed by atoms with Gasteiger partial charge in [-0.05, 0) is 13.8 Å².